The molecule has 1 aliphatic heterocycles. The molecule has 31 heavy (non-hydrogen) atoms. The molecule has 2 aromatic heterocycles. The van der Waals surface area contributed by atoms with E-state index >= 15 is 0 Å². The van der Waals surface area contributed by atoms with Crippen molar-refractivity contribution in [2.75, 3.05) is 13.1 Å². The van der Waals surface area contributed by atoms with Gasteiger partial charge in [-0.25, -0.2) is 9.07 Å². The molecule has 0 atom stereocenters. The van der Waals surface area contributed by atoms with E-state index in [1.807, 2.05) is 0 Å². The summed E-state index contributed by atoms with van der Waals surface area (Å²) in [4.78, 5) is 27.1. The van der Waals surface area contributed by atoms with E-state index in [2.05, 4.69) is 10.3 Å². The second kappa shape index (κ2) is 8.24. The highest BCUT2D eigenvalue weighted by molar-refractivity contribution is 5.80. The van der Waals surface area contributed by atoms with Crippen LogP contribution in [-0.4, -0.2) is 38.8 Å². The van der Waals surface area contributed by atoms with Crippen LogP contribution in [-0.2, 0) is 24.2 Å². The fourth-order valence-corrected chi connectivity index (χ4v) is 4.75. The molecule has 1 fully saturated rings. The Labute approximate surface area is 178 Å². The van der Waals surface area contributed by atoms with Crippen molar-refractivity contribution < 1.29 is 13.7 Å². The van der Waals surface area contributed by atoms with Crippen LogP contribution in [0.5, 0.6) is 0 Å². The lowest BCUT2D eigenvalue weighted by atomic mass is 9.91. The molecule has 0 saturated carbocycles. The molecule has 0 bridgehead atoms. The van der Waals surface area contributed by atoms with Gasteiger partial charge in [-0.15, -0.1) is 0 Å². The SMILES string of the molecule is O=C(Cn1nc2c(cc1=O)CCCCC2)N1CCC(c2noc3cc(F)ccc23)CC1. The summed E-state index contributed by atoms with van der Waals surface area (Å²) in [6.45, 7) is 1.14. The molecule has 3 aromatic rings. The van der Waals surface area contributed by atoms with Crippen LogP contribution in [0.3, 0.4) is 0 Å². The summed E-state index contributed by atoms with van der Waals surface area (Å²) in [7, 11) is 0. The monoisotopic (exact) mass is 424 g/mol. The molecular formula is C23H25FN4O3. The Morgan fingerprint density at radius 3 is 2.77 bits per heavy atom. The quantitative estimate of drug-likeness (QED) is 0.603. The molecule has 162 valence electrons. The Morgan fingerprint density at radius 2 is 1.94 bits per heavy atom. The van der Waals surface area contributed by atoms with Gasteiger partial charge in [-0.1, -0.05) is 11.6 Å². The highest BCUT2D eigenvalue weighted by Gasteiger charge is 2.28. The normalized spacial score (nSPS) is 17.5. The molecule has 1 amide bonds. The zero-order valence-corrected chi connectivity index (χ0v) is 17.3. The predicted molar refractivity (Wildman–Crippen MR) is 112 cm³/mol. The lowest BCUT2D eigenvalue weighted by molar-refractivity contribution is -0.133. The van der Waals surface area contributed by atoms with Gasteiger partial charge in [0.15, 0.2) is 5.58 Å². The molecule has 3 heterocycles. The molecular weight excluding hydrogens is 399 g/mol. The number of carbonyl (C=O) groups excluding carboxylic acids is 1. The summed E-state index contributed by atoms with van der Waals surface area (Å²) >= 11 is 0. The van der Waals surface area contributed by atoms with Crippen LogP contribution >= 0.6 is 0 Å². The number of hydrogen-bond acceptors (Lipinski definition) is 5. The van der Waals surface area contributed by atoms with Crippen LogP contribution < -0.4 is 5.56 Å². The van der Waals surface area contributed by atoms with Gasteiger partial charge < -0.3 is 9.42 Å². The Kier molecular flexibility index (Phi) is 5.29. The van der Waals surface area contributed by atoms with Crippen molar-refractivity contribution in [2.24, 2.45) is 0 Å². The molecule has 1 saturated heterocycles. The average Bonchev–Trinajstić information content (AvgIpc) is 3.05. The van der Waals surface area contributed by atoms with E-state index in [9.17, 15) is 14.0 Å². The zero-order valence-electron chi connectivity index (χ0n) is 17.3. The molecule has 0 radical (unpaired) electrons. The second-order valence-electron chi connectivity index (χ2n) is 8.54. The number of aromatic nitrogens is 3. The van der Waals surface area contributed by atoms with E-state index in [0.29, 0.717) is 18.7 Å². The van der Waals surface area contributed by atoms with Gasteiger partial charge >= 0.3 is 0 Å². The predicted octanol–water partition coefficient (Wildman–Crippen LogP) is 3.20. The molecule has 5 rings (SSSR count). The van der Waals surface area contributed by atoms with Crippen molar-refractivity contribution in [3.63, 3.8) is 0 Å². The van der Waals surface area contributed by atoms with Gasteiger partial charge in [0, 0.05) is 36.5 Å². The first-order chi connectivity index (χ1) is 15.1. The van der Waals surface area contributed by atoms with E-state index in [1.165, 1.54) is 16.8 Å². The van der Waals surface area contributed by atoms with E-state index < -0.39 is 0 Å². The number of aryl methyl sites for hydroxylation is 2. The largest absolute Gasteiger partial charge is 0.356 e. The number of piperidine rings is 1. The van der Waals surface area contributed by atoms with Gasteiger partial charge in [-0.3, -0.25) is 9.59 Å². The first-order valence-electron chi connectivity index (χ1n) is 11.0. The smallest absolute Gasteiger partial charge is 0.267 e. The molecule has 1 aromatic carbocycles. The highest BCUT2D eigenvalue weighted by Crippen LogP contribution is 2.32. The molecule has 0 spiro atoms. The number of rotatable bonds is 3. The number of nitrogens with zero attached hydrogens (tertiary/aromatic N) is 4. The van der Waals surface area contributed by atoms with Gasteiger partial charge in [-0.2, -0.15) is 5.10 Å². The van der Waals surface area contributed by atoms with Crippen molar-refractivity contribution in [1.82, 2.24) is 19.8 Å². The van der Waals surface area contributed by atoms with Crippen molar-refractivity contribution in [2.45, 2.75) is 57.4 Å². The van der Waals surface area contributed by atoms with Crippen LogP contribution in [0.4, 0.5) is 4.39 Å². The van der Waals surface area contributed by atoms with E-state index in [1.54, 1.807) is 17.0 Å². The zero-order chi connectivity index (χ0) is 21.4. The summed E-state index contributed by atoms with van der Waals surface area (Å²) in [5.74, 6) is -0.282. The molecule has 8 heteroatoms. The van der Waals surface area contributed by atoms with Gasteiger partial charge in [0.05, 0.1) is 11.4 Å². The number of halogens is 1. The molecule has 2 aliphatic rings. The minimum Gasteiger partial charge on any atom is -0.356 e. The standard InChI is InChI=1S/C23H25FN4O3/c24-17-6-7-18-20(13-17)31-26-23(18)15-8-10-27(11-9-15)22(30)14-28-21(29)12-16-4-2-1-3-5-19(16)25-28/h6-7,12-13,15H,1-5,8-11,14H2. The van der Waals surface area contributed by atoms with E-state index in [4.69, 9.17) is 4.52 Å². The maximum atomic E-state index is 13.4. The highest BCUT2D eigenvalue weighted by atomic mass is 19.1. The fourth-order valence-electron chi connectivity index (χ4n) is 4.75. The Bertz CT molecular complexity index is 1180. The third-order valence-electron chi connectivity index (χ3n) is 6.51. The summed E-state index contributed by atoms with van der Waals surface area (Å²) in [6.07, 6.45) is 6.56. The second-order valence-corrected chi connectivity index (χ2v) is 8.54. The molecule has 7 nitrogen and oxygen atoms in total. The fraction of sp³-hybridized carbons (Fsp3) is 0.478. The van der Waals surface area contributed by atoms with Gasteiger partial charge in [0.2, 0.25) is 5.91 Å². The van der Waals surface area contributed by atoms with Gasteiger partial charge in [0.25, 0.3) is 5.56 Å². The molecule has 0 unspecified atom stereocenters. The number of carbonyl (C=O) groups is 1. The minimum atomic E-state index is -0.350. The number of benzene rings is 1. The van der Waals surface area contributed by atoms with Crippen molar-refractivity contribution in [3.8, 4) is 0 Å². The van der Waals surface area contributed by atoms with Crippen LogP contribution in [0, 0.1) is 5.82 Å². The minimum absolute atomic E-state index is 0.0249. The Hall–Kier alpha value is -3.03. The maximum Gasteiger partial charge on any atom is 0.267 e. The third-order valence-corrected chi connectivity index (χ3v) is 6.51. The van der Waals surface area contributed by atoms with E-state index in [-0.39, 0.29) is 29.7 Å². The topological polar surface area (TPSA) is 81.2 Å². The van der Waals surface area contributed by atoms with Gasteiger partial charge in [-0.05, 0) is 56.2 Å². The van der Waals surface area contributed by atoms with Crippen molar-refractivity contribution in [3.05, 3.63) is 57.4 Å². The number of amides is 1. The number of fused-ring (bicyclic) bond motifs is 2. The third kappa shape index (κ3) is 3.98. The Morgan fingerprint density at radius 1 is 1.13 bits per heavy atom. The van der Waals surface area contributed by atoms with Crippen LogP contribution in [0.25, 0.3) is 11.0 Å². The molecule has 1 aliphatic carbocycles. The van der Waals surface area contributed by atoms with Crippen LogP contribution in [0.1, 0.15) is 55.0 Å². The summed E-state index contributed by atoms with van der Waals surface area (Å²) in [6, 6.07) is 6.11. The average molecular weight is 424 g/mol. The summed E-state index contributed by atoms with van der Waals surface area (Å²) in [5, 5.41) is 9.49. The number of hydrogen-bond donors (Lipinski definition) is 0. The van der Waals surface area contributed by atoms with Crippen molar-refractivity contribution in [1.29, 1.82) is 0 Å². The van der Waals surface area contributed by atoms with E-state index in [0.717, 1.165) is 67.3 Å². The first-order valence-corrected chi connectivity index (χ1v) is 11.0. The maximum absolute atomic E-state index is 13.4. The van der Waals surface area contributed by atoms with Crippen LogP contribution in [0.15, 0.2) is 33.6 Å². The lowest BCUT2D eigenvalue weighted by Gasteiger charge is -2.31. The first kappa shape index (κ1) is 19.9. The number of likely N-dealkylation sites (tertiary alicyclic amines) is 1. The molecule has 0 N–H and O–H groups in total. The Balaban J connectivity index is 1.25. The summed E-state index contributed by atoms with van der Waals surface area (Å²) in [5.41, 5.74) is 3.06. The summed E-state index contributed by atoms with van der Waals surface area (Å²) < 4.78 is 20.0. The lowest BCUT2D eigenvalue weighted by Crippen LogP contribution is -2.42. The van der Waals surface area contributed by atoms with Gasteiger partial charge in [0.1, 0.15) is 12.4 Å². The van der Waals surface area contributed by atoms with Crippen molar-refractivity contribution >= 4 is 16.9 Å². The van der Waals surface area contributed by atoms with Crippen LogP contribution in [0.2, 0.25) is 0 Å².